The molecule has 6 nitrogen and oxygen atoms in total. The predicted molar refractivity (Wildman–Crippen MR) is 78.9 cm³/mol. The number of carbonyl (C=O) groups excluding carboxylic acids is 1. The number of hydrogen-bond donors (Lipinski definition) is 0. The highest BCUT2D eigenvalue weighted by atomic mass is 32.2. The summed E-state index contributed by atoms with van der Waals surface area (Å²) in [6, 6.07) is 6.75. The first-order chi connectivity index (χ1) is 10.3. The SMILES string of the molecule is CC(=O)/N=c1\c(F)cn([S+]([O-])c2cccc(C)c2)c(=O)n1C. The predicted octanol–water partition coefficient (Wildman–Crippen LogP) is 0.652. The van der Waals surface area contributed by atoms with Crippen LogP contribution in [0, 0.1) is 12.7 Å². The van der Waals surface area contributed by atoms with Crippen molar-refractivity contribution in [2.24, 2.45) is 12.0 Å². The molecule has 0 spiro atoms. The molecule has 0 bridgehead atoms. The van der Waals surface area contributed by atoms with Gasteiger partial charge in [-0.2, -0.15) is 4.99 Å². The van der Waals surface area contributed by atoms with Gasteiger partial charge in [0.15, 0.2) is 16.2 Å². The molecule has 1 aromatic heterocycles. The summed E-state index contributed by atoms with van der Waals surface area (Å²) in [7, 11) is 1.26. The first-order valence-corrected chi connectivity index (χ1v) is 7.44. The van der Waals surface area contributed by atoms with E-state index in [1.54, 1.807) is 18.2 Å². The first-order valence-electron chi connectivity index (χ1n) is 6.33. The summed E-state index contributed by atoms with van der Waals surface area (Å²) in [5, 5.41) is 0. The van der Waals surface area contributed by atoms with Crippen LogP contribution in [0.2, 0.25) is 0 Å². The van der Waals surface area contributed by atoms with E-state index in [1.807, 2.05) is 13.0 Å². The minimum atomic E-state index is -1.89. The van der Waals surface area contributed by atoms with Crippen molar-refractivity contribution in [2.75, 3.05) is 0 Å². The highest BCUT2D eigenvalue weighted by molar-refractivity contribution is 7.89. The summed E-state index contributed by atoms with van der Waals surface area (Å²) in [6.45, 7) is 2.97. The van der Waals surface area contributed by atoms with Crippen molar-refractivity contribution in [2.45, 2.75) is 18.7 Å². The van der Waals surface area contributed by atoms with E-state index in [0.717, 1.165) is 27.2 Å². The lowest BCUT2D eigenvalue weighted by molar-refractivity contribution is -0.116. The van der Waals surface area contributed by atoms with Crippen LogP contribution in [0.15, 0.2) is 45.1 Å². The second kappa shape index (κ2) is 6.29. The van der Waals surface area contributed by atoms with Gasteiger partial charge in [0.1, 0.15) is 17.6 Å². The molecule has 0 aliphatic rings. The molecule has 1 atom stereocenters. The maximum Gasteiger partial charge on any atom is 0.371 e. The highest BCUT2D eigenvalue weighted by Gasteiger charge is 2.20. The zero-order valence-corrected chi connectivity index (χ0v) is 13.1. The van der Waals surface area contributed by atoms with Crippen LogP contribution in [0.3, 0.4) is 0 Å². The van der Waals surface area contributed by atoms with Crippen molar-refractivity contribution < 1.29 is 13.7 Å². The van der Waals surface area contributed by atoms with Gasteiger partial charge in [-0.25, -0.2) is 9.18 Å². The van der Waals surface area contributed by atoms with Crippen LogP contribution in [-0.4, -0.2) is 19.0 Å². The Morgan fingerprint density at radius 2 is 2.09 bits per heavy atom. The third-order valence-corrected chi connectivity index (χ3v) is 4.15. The maximum absolute atomic E-state index is 14.0. The Kier molecular flexibility index (Phi) is 4.62. The van der Waals surface area contributed by atoms with Gasteiger partial charge in [-0.15, -0.1) is 3.97 Å². The third kappa shape index (κ3) is 3.18. The number of halogens is 1. The molecule has 1 unspecified atom stereocenters. The van der Waals surface area contributed by atoms with E-state index >= 15 is 0 Å². The molecule has 0 aliphatic carbocycles. The fourth-order valence-electron chi connectivity index (χ4n) is 1.85. The van der Waals surface area contributed by atoms with E-state index in [1.165, 1.54) is 7.05 Å². The number of carbonyl (C=O) groups is 1. The van der Waals surface area contributed by atoms with Gasteiger partial charge in [0.05, 0.1) is 0 Å². The quantitative estimate of drug-likeness (QED) is 0.761. The molecule has 1 amide bonds. The summed E-state index contributed by atoms with van der Waals surface area (Å²) in [5.74, 6) is -1.54. The minimum Gasteiger partial charge on any atom is -0.587 e. The van der Waals surface area contributed by atoms with Crippen LogP contribution < -0.4 is 11.2 Å². The molecule has 8 heteroatoms. The summed E-state index contributed by atoms with van der Waals surface area (Å²) in [5.41, 5.74) is -0.261. The average Bonchev–Trinajstić information content (AvgIpc) is 2.46. The van der Waals surface area contributed by atoms with Gasteiger partial charge < -0.3 is 4.55 Å². The molecular weight excluding hydrogens is 309 g/mol. The van der Waals surface area contributed by atoms with Crippen molar-refractivity contribution in [3.63, 3.8) is 0 Å². The third-order valence-electron chi connectivity index (χ3n) is 2.87. The van der Waals surface area contributed by atoms with Crippen LogP contribution in [0.5, 0.6) is 0 Å². The Balaban J connectivity index is 2.63. The van der Waals surface area contributed by atoms with E-state index in [0.29, 0.717) is 4.90 Å². The molecule has 22 heavy (non-hydrogen) atoms. The van der Waals surface area contributed by atoms with Crippen molar-refractivity contribution in [3.8, 4) is 0 Å². The molecule has 0 saturated carbocycles. The van der Waals surface area contributed by atoms with Crippen molar-refractivity contribution in [3.05, 3.63) is 57.8 Å². The lowest BCUT2D eigenvalue weighted by Gasteiger charge is -2.13. The topological polar surface area (TPSA) is 79.4 Å². The number of aromatic nitrogens is 2. The van der Waals surface area contributed by atoms with Gasteiger partial charge >= 0.3 is 5.69 Å². The first kappa shape index (κ1) is 16.2. The lowest BCUT2D eigenvalue weighted by Crippen LogP contribution is -2.42. The van der Waals surface area contributed by atoms with Crippen LogP contribution in [0.4, 0.5) is 4.39 Å². The standard InChI is InChI=1S/C14H14FN3O3S/c1-9-5-4-6-11(7-9)22(21)18-8-12(15)13(16-10(2)19)17(3)14(18)20/h4-8H,1-3H3/b16-13+. The number of aryl methyl sites for hydroxylation is 1. The van der Waals surface area contributed by atoms with Gasteiger partial charge in [0.25, 0.3) is 0 Å². The highest BCUT2D eigenvalue weighted by Crippen LogP contribution is 2.13. The number of rotatable bonds is 2. The number of benzene rings is 1. The molecule has 1 heterocycles. The fourth-order valence-corrected chi connectivity index (χ4v) is 3.01. The smallest absolute Gasteiger partial charge is 0.371 e. The fraction of sp³-hybridized carbons (Fsp3) is 0.214. The molecule has 0 radical (unpaired) electrons. The van der Waals surface area contributed by atoms with E-state index in [4.69, 9.17) is 0 Å². The van der Waals surface area contributed by atoms with E-state index in [9.17, 15) is 18.5 Å². The zero-order chi connectivity index (χ0) is 16.4. The largest absolute Gasteiger partial charge is 0.587 e. The molecule has 1 aromatic carbocycles. The lowest BCUT2D eigenvalue weighted by atomic mass is 10.2. The normalized spacial score (nSPS) is 13.2. The molecule has 0 fully saturated rings. The molecule has 2 aromatic rings. The van der Waals surface area contributed by atoms with Gasteiger partial charge in [-0.3, -0.25) is 9.36 Å². The summed E-state index contributed by atoms with van der Waals surface area (Å²) in [6.07, 6.45) is 0.794. The van der Waals surface area contributed by atoms with Gasteiger partial charge in [-0.1, -0.05) is 12.1 Å². The van der Waals surface area contributed by atoms with Crippen LogP contribution in [-0.2, 0) is 23.2 Å². The Morgan fingerprint density at radius 3 is 2.68 bits per heavy atom. The molecule has 2 rings (SSSR count). The van der Waals surface area contributed by atoms with Gasteiger partial charge in [0, 0.05) is 14.0 Å². The van der Waals surface area contributed by atoms with Gasteiger partial charge in [-0.05, 0) is 24.6 Å². The van der Waals surface area contributed by atoms with Crippen molar-refractivity contribution in [1.29, 1.82) is 0 Å². The summed E-state index contributed by atoms with van der Waals surface area (Å²) >= 11 is -1.89. The Bertz CT molecular complexity index is 857. The second-order valence-corrected chi connectivity index (χ2v) is 6.03. The number of amides is 1. The minimum absolute atomic E-state index is 0.373. The van der Waals surface area contributed by atoms with Crippen LogP contribution in [0.1, 0.15) is 12.5 Å². The number of nitrogens with zero attached hydrogens (tertiary/aromatic N) is 3. The van der Waals surface area contributed by atoms with Crippen LogP contribution in [0.25, 0.3) is 0 Å². The molecule has 0 saturated heterocycles. The van der Waals surface area contributed by atoms with E-state index < -0.39 is 34.3 Å². The second-order valence-electron chi connectivity index (χ2n) is 4.66. The monoisotopic (exact) mass is 323 g/mol. The summed E-state index contributed by atoms with van der Waals surface area (Å²) < 4.78 is 28.1. The molecule has 0 N–H and O–H groups in total. The van der Waals surface area contributed by atoms with E-state index in [2.05, 4.69) is 4.99 Å². The number of hydrogen-bond acceptors (Lipinski definition) is 3. The van der Waals surface area contributed by atoms with Crippen LogP contribution >= 0.6 is 0 Å². The average molecular weight is 323 g/mol. The Hall–Kier alpha value is -2.19. The zero-order valence-electron chi connectivity index (χ0n) is 12.2. The molecular formula is C14H14FN3O3S. The summed E-state index contributed by atoms with van der Waals surface area (Å²) in [4.78, 5) is 27.0. The molecule has 0 aliphatic heterocycles. The van der Waals surface area contributed by atoms with E-state index in [-0.39, 0.29) is 0 Å². The Morgan fingerprint density at radius 1 is 1.41 bits per heavy atom. The maximum atomic E-state index is 14.0. The van der Waals surface area contributed by atoms with Gasteiger partial charge in [0.2, 0.25) is 5.91 Å². The van der Waals surface area contributed by atoms with Crippen molar-refractivity contribution in [1.82, 2.24) is 8.54 Å². The molecule has 116 valence electrons. The van der Waals surface area contributed by atoms with Crippen molar-refractivity contribution >= 4 is 17.3 Å². The Labute approximate surface area is 128 Å².